The molecule has 2 N–H and O–H groups in total. The van der Waals surface area contributed by atoms with Gasteiger partial charge in [-0.05, 0) is 25.1 Å². The van der Waals surface area contributed by atoms with E-state index >= 15 is 0 Å². The molecule has 0 atom stereocenters. The van der Waals surface area contributed by atoms with E-state index in [1.807, 2.05) is 31.3 Å². The van der Waals surface area contributed by atoms with Gasteiger partial charge in [-0.2, -0.15) is 0 Å². The summed E-state index contributed by atoms with van der Waals surface area (Å²) >= 11 is 0. The van der Waals surface area contributed by atoms with Crippen LogP contribution in [-0.4, -0.2) is 30.9 Å². The first kappa shape index (κ1) is 16.3. The van der Waals surface area contributed by atoms with Crippen LogP contribution in [0.15, 0.2) is 28.7 Å². The molecule has 0 saturated carbocycles. The van der Waals surface area contributed by atoms with E-state index in [1.165, 1.54) is 0 Å². The minimum atomic E-state index is 0. The number of anilines is 1. The Labute approximate surface area is 124 Å². The fourth-order valence-corrected chi connectivity index (χ4v) is 1.76. The van der Waals surface area contributed by atoms with Crippen molar-refractivity contribution in [3.8, 4) is 5.75 Å². The second-order valence-electron chi connectivity index (χ2n) is 4.02. The predicted molar refractivity (Wildman–Crippen MR) is 79.5 cm³/mol. The molecule has 0 unspecified atom stereocenters. The van der Waals surface area contributed by atoms with Gasteiger partial charge in [0, 0.05) is 6.54 Å². The van der Waals surface area contributed by atoms with Gasteiger partial charge >= 0.3 is 6.01 Å². The maximum atomic E-state index is 5.39. The van der Waals surface area contributed by atoms with Gasteiger partial charge in [0.1, 0.15) is 5.75 Å². The van der Waals surface area contributed by atoms with Crippen LogP contribution in [0.1, 0.15) is 11.5 Å². The first-order valence-electron chi connectivity index (χ1n) is 6.16. The van der Waals surface area contributed by atoms with Crippen molar-refractivity contribution in [2.75, 3.05) is 26.0 Å². The third kappa shape index (κ3) is 4.40. The molecule has 0 aliphatic rings. The SMILES string of the molecule is CNCc1nnc(NCCc2ccccc2OC)o1.Cl. The quantitative estimate of drug-likeness (QED) is 0.813. The summed E-state index contributed by atoms with van der Waals surface area (Å²) in [4.78, 5) is 0. The summed E-state index contributed by atoms with van der Waals surface area (Å²) < 4.78 is 10.7. The van der Waals surface area contributed by atoms with Gasteiger partial charge < -0.3 is 19.8 Å². The van der Waals surface area contributed by atoms with Crippen LogP contribution in [-0.2, 0) is 13.0 Å². The molecular formula is C13H19ClN4O2. The molecule has 0 aliphatic carbocycles. The minimum absolute atomic E-state index is 0. The van der Waals surface area contributed by atoms with E-state index in [1.54, 1.807) is 7.11 Å². The van der Waals surface area contributed by atoms with Crippen LogP contribution in [0.4, 0.5) is 6.01 Å². The lowest BCUT2D eigenvalue weighted by Crippen LogP contribution is -2.06. The normalized spacial score (nSPS) is 9.90. The van der Waals surface area contributed by atoms with Gasteiger partial charge in [-0.25, -0.2) is 0 Å². The standard InChI is InChI=1S/C13H18N4O2.ClH/c1-14-9-12-16-17-13(19-12)15-8-7-10-5-3-4-6-11(10)18-2;/h3-6,14H,7-9H2,1-2H3,(H,15,17);1H. The van der Waals surface area contributed by atoms with E-state index in [4.69, 9.17) is 9.15 Å². The molecule has 2 rings (SSSR count). The van der Waals surface area contributed by atoms with Crippen molar-refractivity contribution < 1.29 is 9.15 Å². The average Bonchev–Trinajstić information content (AvgIpc) is 2.87. The molecule has 1 heterocycles. The third-order valence-electron chi connectivity index (χ3n) is 2.66. The first-order chi connectivity index (χ1) is 9.33. The summed E-state index contributed by atoms with van der Waals surface area (Å²) in [6.45, 7) is 1.28. The number of hydrogen-bond donors (Lipinski definition) is 2. The zero-order valence-electron chi connectivity index (χ0n) is 11.5. The monoisotopic (exact) mass is 298 g/mol. The van der Waals surface area contributed by atoms with Gasteiger partial charge in [0.15, 0.2) is 0 Å². The number of nitrogens with zero attached hydrogens (tertiary/aromatic N) is 2. The van der Waals surface area contributed by atoms with E-state index in [2.05, 4.69) is 20.8 Å². The maximum Gasteiger partial charge on any atom is 0.315 e. The summed E-state index contributed by atoms with van der Waals surface area (Å²) in [6.07, 6.45) is 0.827. The molecule has 6 nitrogen and oxygen atoms in total. The fourth-order valence-electron chi connectivity index (χ4n) is 1.76. The molecule has 1 aromatic carbocycles. The zero-order valence-corrected chi connectivity index (χ0v) is 12.4. The van der Waals surface area contributed by atoms with Gasteiger partial charge in [-0.3, -0.25) is 0 Å². The highest BCUT2D eigenvalue weighted by Gasteiger charge is 2.05. The first-order valence-corrected chi connectivity index (χ1v) is 6.16. The molecule has 0 amide bonds. The van der Waals surface area contributed by atoms with Gasteiger partial charge in [0.2, 0.25) is 5.89 Å². The van der Waals surface area contributed by atoms with Crippen LogP contribution in [0.25, 0.3) is 0 Å². The van der Waals surface area contributed by atoms with Gasteiger partial charge in [-0.1, -0.05) is 23.3 Å². The van der Waals surface area contributed by atoms with Crippen LogP contribution < -0.4 is 15.4 Å². The van der Waals surface area contributed by atoms with Crippen molar-refractivity contribution in [2.45, 2.75) is 13.0 Å². The van der Waals surface area contributed by atoms with E-state index in [0.717, 1.165) is 17.7 Å². The van der Waals surface area contributed by atoms with Crippen LogP contribution in [0, 0.1) is 0 Å². The summed E-state index contributed by atoms with van der Waals surface area (Å²) in [5.74, 6) is 1.47. The van der Waals surface area contributed by atoms with Crippen molar-refractivity contribution in [3.63, 3.8) is 0 Å². The van der Waals surface area contributed by atoms with Gasteiger partial charge in [0.25, 0.3) is 0 Å². The second kappa shape index (κ2) is 8.39. The lowest BCUT2D eigenvalue weighted by Gasteiger charge is -2.07. The van der Waals surface area contributed by atoms with E-state index in [9.17, 15) is 0 Å². The molecule has 20 heavy (non-hydrogen) atoms. The molecule has 110 valence electrons. The number of methoxy groups -OCH3 is 1. The highest BCUT2D eigenvalue weighted by atomic mass is 35.5. The van der Waals surface area contributed by atoms with E-state index in [-0.39, 0.29) is 12.4 Å². The Bertz CT molecular complexity index is 519. The van der Waals surface area contributed by atoms with Crippen molar-refractivity contribution in [1.29, 1.82) is 0 Å². The zero-order chi connectivity index (χ0) is 13.5. The van der Waals surface area contributed by atoms with Crippen molar-refractivity contribution in [3.05, 3.63) is 35.7 Å². The smallest absolute Gasteiger partial charge is 0.315 e. The molecule has 0 bridgehead atoms. The lowest BCUT2D eigenvalue weighted by atomic mass is 10.1. The Hall–Kier alpha value is -1.79. The molecule has 0 spiro atoms. The Kier molecular flexibility index (Phi) is 6.83. The number of aromatic nitrogens is 2. The van der Waals surface area contributed by atoms with E-state index in [0.29, 0.717) is 25.0 Å². The number of ether oxygens (including phenoxy) is 1. The van der Waals surface area contributed by atoms with Crippen molar-refractivity contribution >= 4 is 18.4 Å². The van der Waals surface area contributed by atoms with Gasteiger partial charge in [0.05, 0.1) is 13.7 Å². The molecule has 7 heteroatoms. The Balaban J connectivity index is 0.00000200. The summed E-state index contributed by atoms with van der Waals surface area (Å²) in [5, 5.41) is 13.9. The summed E-state index contributed by atoms with van der Waals surface area (Å²) in [6, 6.07) is 8.39. The second-order valence-corrected chi connectivity index (χ2v) is 4.02. The number of para-hydroxylation sites is 1. The predicted octanol–water partition coefficient (Wildman–Crippen LogP) is 1.87. The summed E-state index contributed by atoms with van der Waals surface area (Å²) in [7, 11) is 3.51. The Morgan fingerprint density at radius 3 is 2.80 bits per heavy atom. The fraction of sp³-hybridized carbons (Fsp3) is 0.385. The molecular weight excluding hydrogens is 280 g/mol. The molecule has 2 aromatic rings. The number of halogens is 1. The third-order valence-corrected chi connectivity index (χ3v) is 2.66. The Morgan fingerprint density at radius 2 is 2.05 bits per heavy atom. The maximum absolute atomic E-state index is 5.39. The largest absolute Gasteiger partial charge is 0.496 e. The van der Waals surface area contributed by atoms with Crippen LogP contribution in [0.2, 0.25) is 0 Å². The number of nitrogens with one attached hydrogen (secondary N) is 2. The van der Waals surface area contributed by atoms with Crippen LogP contribution in [0.5, 0.6) is 5.75 Å². The molecule has 1 aromatic heterocycles. The average molecular weight is 299 g/mol. The van der Waals surface area contributed by atoms with E-state index < -0.39 is 0 Å². The molecule has 0 radical (unpaired) electrons. The molecule has 0 fully saturated rings. The number of rotatable bonds is 7. The number of hydrogen-bond acceptors (Lipinski definition) is 6. The molecule has 0 aliphatic heterocycles. The summed E-state index contributed by atoms with van der Waals surface area (Å²) in [5.41, 5.74) is 1.15. The number of benzene rings is 1. The van der Waals surface area contributed by atoms with Crippen molar-refractivity contribution in [1.82, 2.24) is 15.5 Å². The van der Waals surface area contributed by atoms with Gasteiger partial charge in [-0.15, -0.1) is 17.5 Å². The van der Waals surface area contributed by atoms with Crippen LogP contribution in [0.3, 0.4) is 0 Å². The highest BCUT2D eigenvalue weighted by molar-refractivity contribution is 5.85. The topological polar surface area (TPSA) is 72.2 Å². The molecule has 0 saturated heterocycles. The van der Waals surface area contributed by atoms with Crippen LogP contribution >= 0.6 is 12.4 Å². The minimum Gasteiger partial charge on any atom is -0.496 e. The Morgan fingerprint density at radius 1 is 1.25 bits per heavy atom. The van der Waals surface area contributed by atoms with Crippen molar-refractivity contribution in [2.24, 2.45) is 0 Å². The highest BCUT2D eigenvalue weighted by Crippen LogP contribution is 2.17. The lowest BCUT2D eigenvalue weighted by molar-refractivity contribution is 0.410.